The van der Waals surface area contributed by atoms with Crippen molar-refractivity contribution in [2.75, 3.05) is 11.9 Å². The maximum atomic E-state index is 14.1. The van der Waals surface area contributed by atoms with Crippen molar-refractivity contribution in [3.8, 4) is 0 Å². The van der Waals surface area contributed by atoms with Crippen molar-refractivity contribution >= 4 is 11.8 Å². The second-order valence-electron chi connectivity index (χ2n) is 5.30. The van der Waals surface area contributed by atoms with Crippen molar-refractivity contribution in [1.82, 2.24) is 19.9 Å². The van der Waals surface area contributed by atoms with E-state index in [2.05, 4.69) is 27.5 Å². The summed E-state index contributed by atoms with van der Waals surface area (Å²) in [6.07, 6.45) is 7.09. The van der Waals surface area contributed by atoms with E-state index in [0.717, 1.165) is 35.6 Å². The Morgan fingerprint density at radius 1 is 1.38 bits per heavy atom. The first-order chi connectivity index (χ1) is 11.6. The minimum atomic E-state index is -0.776. The second kappa shape index (κ2) is 8.76. The van der Waals surface area contributed by atoms with Crippen molar-refractivity contribution < 1.29 is 9.18 Å². The number of halogens is 1. The van der Waals surface area contributed by atoms with Crippen molar-refractivity contribution in [2.24, 2.45) is 0 Å². The van der Waals surface area contributed by atoms with E-state index in [0.29, 0.717) is 6.54 Å². The van der Waals surface area contributed by atoms with Gasteiger partial charge >= 0.3 is 11.7 Å². The van der Waals surface area contributed by atoms with Crippen molar-refractivity contribution in [1.29, 1.82) is 0 Å². The number of hydrogen-bond donors (Lipinski definition) is 2. The Bertz CT molecular complexity index is 733. The van der Waals surface area contributed by atoms with Crippen LogP contribution < -0.4 is 16.3 Å². The number of amides is 2. The third-order valence-corrected chi connectivity index (χ3v) is 3.32. The van der Waals surface area contributed by atoms with Crippen LogP contribution in [0.15, 0.2) is 35.5 Å². The Morgan fingerprint density at radius 3 is 2.92 bits per heavy atom. The molecule has 0 radical (unpaired) electrons. The molecule has 0 atom stereocenters. The van der Waals surface area contributed by atoms with Crippen LogP contribution in [0.2, 0.25) is 0 Å². The number of carbonyl (C=O) groups is 1. The lowest BCUT2D eigenvalue weighted by atomic mass is 10.2. The van der Waals surface area contributed by atoms with E-state index in [-0.39, 0.29) is 12.4 Å². The summed E-state index contributed by atoms with van der Waals surface area (Å²) in [5.41, 5.74) is 0.0942. The highest BCUT2D eigenvalue weighted by Gasteiger charge is 2.11. The standard InChI is InChI=1S/C16H20FN5O2/c1-2-3-4-8-19-15(23)20-14-13(17)11-22(16(24)21-14)10-12-6-5-7-18-9-12/h5-7,9,11H,2-4,8,10H2,1H3,(H2,19,20,21,23,24). The monoisotopic (exact) mass is 333 g/mol. The molecule has 7 nitrogen and oxygen atoms in total. The Balaban J connectivity index is 2.01. The van der Waals surface area contributed by atoms with Gasteiger partial charge in [0.05, 0.1) is 6.54 Å². The summed E-state index contributed by atoms with van der Waals surface area (Å²) in [6.45, 7) is 2.69. The smallest absolute Gasteiger partial charge is 0.338 e. The maximum absolute atomic E-state index is 14.1. The van der Waals surface area contributed by atoms with Crippen molar-refractivity contribution in [3.05, 3.63) is 52.6 Å². The summed E-state index contributed by atoms with van der Waals surface area (Å²) >= 11 is 0. The van der Waals surface area contributed by atoms with Crippen LogP contribution in [0.1, 0.15) is 31.7 Å². The van der Waals surface area contributed by atoms with Crippen molar-refractivity contribution in [3.63, 3.8) is 0 Å². The molecule has 0 spiro atoms. The van der Waals surface area contributed by atoms with Gasteiger partial charge in [0, 0.05) is 25.1 Å². The number of nitrogens with zero attached hydrogens (tertiary/aromatic N) is 3. The Labute approximate surface area is 139 Å². The lowest BCUT2D eigenvalue weighted by Crippen LogP contribution is -2.32. The zero-order valence-electron chi connectivity index (χ0n) is 13.5. The van der Waals surface area contributed by atoms with Gasteiger partial charge in [0.25, 0.3) is 0 Å². The van der Waals surface area contributed by atoms with Crippen LogP contribution >= 0.6 is 0 Å². The third-order valence-electron chi connectivity index (χ3n) is 3.32. The molecule has 0 aromatic carbocycles. The summed E-state index contributed by atoms with van der Waals surface area (Å²) in [5, 5.41) is 4.85. The Kier molecular flexibility index (Phi) is 6.41. The van der Waals surface area contributed by atoms with E-state index in [9.17, 15) is 14.0 Å². The molecule has 128 valence electrons. The van der Waals surface area contributed by atoms with E-state index >= 15 is 0 Å². The number of rotatable bonds is 7. The van der Waals surface area contributed by atoms with Gasteiger partial charge in [-0.05, 0) is 18.1 Å². The predicted molar refractivity (Wildman–Crippen MR) is 88.3 cm³/mol. The first-order valence-electron chi connectivity index (χ1n) is 7.81. The fourth-order valence-corrected chi connectivity index (χ4v) is 2.08. The molecule has 0 saturated carbocycles. The molecule has 0 unspecified atom stereocenters. The van der Waals surface area contributed by atoms with Crippen LogP contribution in [0, 0.1) is 5.82 Å². The van der Waals surface area contributed by atoms with Gasteiger partial charge in [-0.1, -0.05) is 25.8 Å². The van der Waals surface area contributed by atoms with Gasteiger partial charge in [-0.3, -0.25) is 14.9 Å². The lowest BCUT2D eigenvalue weighted by molar-refractivity contribution is 0.251. The van der Waals surface area contributed by atoms with Crippen molar-refractivity contribution in [2.45, 2.75) is 32.7 Å². The molecule has 2 rings (SSSR count). The van der Waals surface area contributed by atoms with Crippen LogP contribution in [0.3, 0.4) is 0 Å². The Hall–Kier alpha value is -2.77. The molecule has 0 saturated heterocycles. The average molecular weight is 333 g/mol. The SMILES string of the molecule is CCCCCNC(=O)Nc1nc(=O)n(Cc2cccnc2)cc1F. The highest BCUT2D eigenvalue weighted by molar-refractivity contribution is 5.88. The van der Waals surface area contributed by atoms with Gasteiger partial charge in [-0.2, -0.15) is 4.98 Å². The Morgan fingerprint density at radius 2 is 2.21 bits per heavy atom. The highest BCUT2D eigenvalue weighted by Crippen LogP contribution is 2.08. The van der Waals surface area contributed by atoms with Gasteiger partial charge in [-0.25, -0.2) is 14.0 Å². The number of unbranched alkanes of at least 4 members (excludes halogenated alkanes) is 2. The average Bonchev–Trinajstić information content (AvgIpc) is 2.57. The molecule has 2 aromatic rings. The van der Waals surface area contributed by atoms with Crippen LogP contribution in [0.5, 0.6) is 0 Å². The minimum Gasteiger partial charge on any atom is -0.338 e. The van der Waals surface area contributed by atoms with Crippen LogP contribution in [0.4, 0.5) is 15.0 Å². The van der Waals surface area contributed by atoms with E-state index in [4.69, 9.17) is 0 Å². The zero-order valence-corrected chi connectivity index (χ0v) is 13.5. The van der Waals surface area contributed by atoms with E-state index in [1.807, 2.05) is 0 Å². The minimum absolute atomic E-state index is 0.153. The number of urea groups is 1. The van der Waals surface area contributed by atoms with Gasteiger partial charge in [0.2, 0.25) is 0 Å². The highest BCUT2D eigenvalue weighted by atomic mass is 19.1. The normalized spacial score (nSPS) is 10.4. The number of carbonyl (C=O) groups excluding carboxylic acids is 1. The van der Waals surface area contributed by atoms with E-state index in [1.54, 1.807) is 24.5 Å². The second-order valence-corrected chi connectivity index (χ2v) is 5.30. The number of anilines is 1. The third kappa shape index (κ3) is 5.15. The van der Waals surface area contributed by atoms with Gasteiger partial charge < -0.3 is 5.32 Å². The summed E-state index contributed by atoms with van der Waals surface area (Å²) in [7, 11) is 0. The summed E-state index contributed by atoms with van der Waals surface area (Å²) in [6, 6.07) is 2.91. The summed E-state index contributed by atoms with van der Waals surface area (Å²) in [4.78, 5) is 31.2. The lowest BCUT2D eigenvalue weighted by Gasteiger charge is -2.09. The van der Waals surface area contributed by atoms with Crippen LogP contribution in [0.25, 0.3) is 0 Å². The molecule has 2 N–H and O–H groups in total. The molecule has 2 heterocycles. The van der Waals surface area contributed by atoms with Crippen LogP contribution in [-0.4, -0.2) is 27.1 Å². The summed E-state index contributed by atoms with van der Waals surface area (Å²) in [5.74, 6) is -1.15. The first kappa shape index (κ1) is 17.6. The van der Waals surface area contributed by atoms with E-state index in [1.165, 1.54) is 0 Å². The predicted octanol–water partition coefficient (Wildman–Crippen LogP) is 2.14. The first-order valence-corrected chi connectivity index (χ1v) is 7.81. The number of hydrogen-bond acceptors (Lipinski definition) is 4. The topological polar surface area (TPSA) is 88.9 Å². The van der Waals surface area contributed by atoms with Crippen LogP contribution in [-0.2, 0) is 6.54 Å². The zero-order chi connectivity index (χ0) is 17.4. The molecule has 24 heavy (non-hydrogen) atoms. The quantitative estimate of drug-likeness (QED) is 0.760. The molecular weight excluding hydrogens is 313 g/mol. The molecule has 2 aromatic heterocycles. The molecule has 0 aliphatic carbocycles. The molecule has 0 aliphatic rings. The van der Waals surface area contributed by atoms with Gasteiger partial charge in [-0.15, -0.1) is 0 Å². The molecule has 0 aliphatic heterocycles. The fourth-order valence-electron chi connectivity index (χ4n) is 2.08. The molecule has 0 bridgehead atoms. The maximum Gasteiger partial charge on any atom is 0.350 e. The van der Waals surface area contributed by atoms with Gasteiger partial charge in [0.1, 0.15) is 0 Å². The molecule has 2 amide bonds. The number of pyridine rings is 1. The molecular formula is C16H20FN5O2. The largest absolute Gasteiger partial charge is 0.350 e. The summed E-state index contributed by atoms with van der Waals surface area (Å²) < 4.78 is 15.2. The van der Waals surface area contributed by atoms with Gasteiger partial charge in [0.15, 0.2) is 11.6 Å². The fraction of sp³-hybridized carbons (Fsp3) is 0.375. The molecule has 8 heteroatoms. The number of aromatic nitrogens is 3. The molecule has 0 fully saturated rings. The number of nitrogens with one attached hydrogen (secondary N) is 2. The van der Waals surface area contributed by atoms with E-state index < -0.39 is 17.5 Å².